The molecule has 0 saturated carbocycles. The van der Waals surface area contributed by atoms with E-state index < -0.39 is 18.1 Å². The number of benzene rings is 9. The zero-order valence-electron chi connectivity index (χ0n) is 40.4. The zero-order chi connectivity index (χ0) is 47.6. The Balaban J connectivity index is 1.12. The van der Waals surface area contributed by atoms with Gasteiger partial charge < -0.3 is 4.57 Å². The highest BCUT2D eigenvalue weighted by atomic mass is 32.1. The molecule has 9 aromatic carbocycles. The Morgan fingerprint density at radius 2 is 1.02 bits per heavy atom. The van der Waals surface area contributed by atoms with Crippen molar-refractivity contribution in [2.75, 3.05) is 0 Å². The van der Waals surface area contributed by atoms with Crippen molar-refractivity contribution < 1.29 is 6.85 Å². The van der Waals surface area contributed by atoms with Gasteiger partial charge in [0.25, 0.3) is 0 Å². The number of nitrogens with zero attached hydrogens (tertiary/aromatic N) is 4. The van der Waals surface area contributed by atoms with Gasteiger partial charge in [-0.05, 0) is 80.9 Å². The summed E-state index contributed by atoms with van der Waals surface area (Å²) in [5, 5.41) is 4.34. The maximum absolute atomic E-state index is 9.14. The Hall–Kier alpha value is -7.99. The third-order valence-corrected chi connectivity index (χ3v) is 14.4. The average Bonchev–Trinajstić information content (AvgIpc) is 4.02. The zero-order valence-corrected chi connectivity index (χ0v) is 36.3. The molecule has 1 aliphatic rings. The van der Waals surface area contributed by atoms with Gasteiger partial charge in [0.05, 0.1) is 17.9 Å². The van der Waals surface area contributed by atoms with Crippen LogP contribution in [0.4, 0.5) is 0 Å². The predicted molar refractivity (Wildman–Crippen MR) is 272 cm³/mol. The van der Waals surface area contributed by atoms with Gasteiger partial charge in [0.1, 0.15) is 0 Å². The smallest absolute Gasteiger partial charge is 0.165 e. The Morgan fingerprint density at radius 1 is 0.415 bits per heavy atom. The molecule has 306 valence electrons. The van der Waals surface area contributed by atoms with Crippen LogP contribution in [-0.4, -0.2) is 19.5 Å². The number of para-hydroxylation sites is 2. The second-order valence-electron chi connectivity index (χ2n) is 17.2. The van der Waals surface area contributed by atoms with E-state index in [1.165, 1.54) is 11.1 Å². The maximum atomic E-state index is 9.14. The van der Waals surface area contributed by atoms with Crippen molar-refractivity contribution in [1.82, 2.24) is 19.5 Å². The van der Waals surface area contributed by atoms with Crippen LogP contribution in [-0.2, 0) is 5.41 Å². The number of aromatic nitrogens is 4. The number of hydrogen-bond donors (Lipinski definition) is 0. The molecule has 0 atom stereocenters. The van der Waals surface area contributed by atoms with Gasteiger partial charge in [0, 0.05) is 58.7 Å². The quantitative estimate of drug-likeness (QED) is 0.167. The average molecular weight is 854 g/mol. The van der Waals surface area contributed by atoms with E-state index in [9.17, 15) is 0 Å². The van der Waals surface area contributed by atoms with Crippen molar-refractivity contribution in [3.05, 3.63) is 217 Å². The van der Waals surface area contributed by atoms with Crippen molar-refractivity contribution >= 4 is 53.3 Å². The van der Waals surface area contributed by atoms with Crippen molar-refractivity contribution in [3.63, 3.8) is 0 Å². The second kappa shape index (κ2) is 14.5. The molecule has 0 amide bonds. The minimum atomic E-state index is -0.482. The molecule has 0 bridgehead atoms. The molecule has 1 aliphatic carbocycles. The summed E-state index contributed by atoms with van der Waals surface area (Å²) < 4.78 is 48.5. The highest BCUT2D eigenvalue weighted by Gasteiger charge is 2.35. The van der Waals surface area contributed by atoms with Crippen LogP contribution in [0.15, 0.2) is 206 Å². The molecule has 0 fully saturated rings. The van der Waals surface area contributed by atoms with E-state index in [-0.39, 0.29) is 28.9 Å². The van der Waals surface area contributed by atoms with Crippen LogP contribution < -0.4 is 0 Å². The van der Waals surface area contributed by atoms with E-state index in [0.29, 0.717) is 11.6 Å². The van der Waals surface area contributed by atoms with E-state index in [4.69, 9.17) is 21.8 Å². The first-order valence-electron chi connectivity index (χ1n) is 24.3. The number of hydrogen-bond acceptors (Lipinski definition) is 4. The lowest BCUT2D eigenvalue weighted by atomic mass is 9.82. The normalized spacial score (nSPS) is 14.0. The first kappa shape index (κ1) is 32.7. The monoisotopic (exact) mass is 853 g/mol. The summed E-state index contributed by atoms with van der Waals surface area (Å²) in [5.74, 6) is 0.646. The molecular weight excluding hydrogens is 809 g/mol. The van der Waals surface area contributed by atoms with E-state index in [2.05, 4.69) is 182 Å². The summed E-state index contributed by atoms with van der Waals surface area (Å²) in [6.45, 7) is 4.45. The van der Waals surface area contributed by atoms with Crippen molar-refractivity contribution in [2.45, 2.75) is 19.3 Å². The third kappa shape index (κ3) is 5.93. The van der Waals surface area contributed by atoms with Crippen molar-refractivity contribution in [1.29, 1.82) is 0 Å². The molecule has 0 spiro atoms. The van der Waals surface area contributed by atoms with E-state index in [0.717, 1.165) is 92.2 Å². The molecule has 0 unspecified atom stereocenters. The molecule has 4 nitrogen and oxygen atoms in total. The third-order valence-electron chi connectivity index (χ3n) is 13.1. The summed E-state index contributed by atoms with van der Waals surface area (Å²) in [5.41, 5.74) is 13.2. The minimum Gasteiger partial charge on any atom is -0.309 e. The topological polar surface area (TPSA) is 43.6 Å². The fraction of sp³-hybridized carbons (Fsp3) is 0.0500. The second-order valence-corrected chi connectivity index (χ2v) is 18.2. The molecule has 0 radical (unpaired) electrons. The standard InChI is InChI=1S/C60H40N4S/c1-60(2)51-28-12-9-23-44(51)45-32-31-41(34-52(45)60)58-61-57(38-19-7-4-8-20-38)62-59(63-58)50-36-42(64-53-29-13-10-24-46(53)47-25-11-14-30-54(47)64)35-49-48-27-16-26-43(55(48)65-56(49)50)40-22-15-21-39(33-40)37-17-5-3-6-18-37/h3-36H,1-2H3/i4D,7D,8D,19D,20D. The lowest BCUT2D eigenvalue weighted by Crippen LogP contribution is -2.15. The first-order valence-corrected chi connectivity index (χ1v) is 22.6. The predicted octanol–water partition coefficient (Wildman–Crippen LogP) is 16.0. The van der Waals surface area contributed by atoms with E-state index in [1.807, 2.05) is 12.1 Å². The van der Waals surface area contributed by atoms with Gasteiger partial charge in [-0.1, -0.05) is 184 Å². The van der Waals surface area contributed by atoms with Gasteiger partial charge in [-0.3, -0.25) is 0 Å². The van der Waals surface area contributed by atoms with Crippen LogP contribution >= 0.6 is 11.3 Å². The Kier molecular flexibility index (Phi) is 7.30. The van der Waals surface area contributed by atoms with Gasteiger partial charge in [-0.25, -0.2) is 15.0 Å². The molecule has 0 saturated heterocycles. The number of fused-ring (bicyclic) bond motifs is 9. The maximum Gasteiger partial charge on any atom is 0.165 e. The lowest BCUT2D eigenvalue weighted by Gasteiger charge is -2.21. The van der Waals surface area contributed by atoms with Crippen molar-refractivity contribution in [3.8, 4) is 73.2 Å². The molecule has 0 aliphatic heterocycles. The number of thiophene rings is 1. The molecule has 65 heavy (non-hydrogen) atoms. The molecule has 12 aromatic rings. The Bertz CT molecular complexity index is 4090. The number of rotatable bonds is 6. The van der Waals surface area contributed by atoms with Crippen LogP contribution in [0.3, 0.4) is 0 Å². The van der Waals surface area contributed by atoms with Crippen LogP contribution in [0.1, 0.15) is 31.8 Å². The van der Waals surface area contributed by atoms with Gasteiger partial charge in [0.2, 0.25) is 0 Å². The fourth-order valence-corrected chi connectivity index (χ4v) is 11.4. The van der Waals surface area contributed by atoms with Gasteiger partial charge in [-0.2, -0.15) is 0 Å². The Labute approximate surface area is 387 Å². The Morgan fingerprint density at radius 3 is 1.82 bits per heavy atom. The molecule has 3 aromatic heterocycles. The molecule has 3 heterocycles. The summed E-state index contributed by atoms with van der Waals surface area (Å²) in [4.78, 5) is 15.6. The van der Waals surface area contributed by atoms with E-state index in [1.54, 1.807) is 11.3 Å². The fourth-order valence-electron chi connectivity index (χ4n) is 10.0. The molecule has 0 N–H and O–H groups in total. The van der Waals surface area contributed by atoms with Gasteiger partial charge in [-0.15, -0.1) is 11.3 Å². The van der Waals surface area contributed by atoms with Crippen LogP contribution in [0, 0.1) is 0 Å². The highest BCUT2D eigenvalue weighted by Crippen LogP contribution is 2.50. The summed E-state index contributed by atoms with van der Waals surface area (Å²) in [6.07, 6.45) is 0. The summed E-state index contributed by atoms with van der Waals surface area (Å²) >= 11 is 1.68. The minimum absolute atomic E-state index is 0.00464. The summed E-state index contributed by atoms with van der Waals surface area (Å²) in [6, 6.07) is 59.4. The molecular formula is C60H40N4S. The lowest BCUT2D eigenvalue weighted by molar-refractivity contribution is 0.660. The first-order chi connectivity index (χ1) is 34.0. The SMILES string of the molecule is [2H]c1c([2H])c([2H])c(-c2nc(-c3ccc4c(c3)C(C)(C)c3ccccc3-4)nc(-c3cc(-n4c5ccccc5c5ccccc54)cc4c3sc3c(-c5cccc(-c6ccccc6)c5)cccc34)n2)c([2H])c1[2H]. The van der Waals surface area contributed by atoms with Crippen LogP contribution in [0.2, 0.25) is 0 Å². The highest BCUT2D eigenvalue weighted by molar-refractivity contribution is 7.26. The molecule has 13 rings (SSSR count). The summed E-state index contributed by atoms with van der Waals surface area (Å²) in [7, 11) is 0. The van der Waals surface area contributed by atoms with Gasteiger partial charge >= 0.3 is 0 Å². The van der Waals surface area contributed by atoms with Crippen molar-refractivity contribution in [2.24, 2.45) is 0 Å². The van der Waals surface area contributed by atoms with Crippen LogP contribution in [0.5, 0.6) is 0 Å². The van der Waals surface area contributed by atoms with E-state index >= 15 is 0 Å². The van der Waals surface area contributed by atoms with Gasteiger partial charge in [0.15, 0.2) is 17.5 Å². The largest absolute Gasteiger partial charge is 0.309 e. The van der Waals surface area contributed by atoms with Crippen LogP contribution in [0.25, 0.3) is 115 Å². The molecule has 5 heteroatoms.